The van der Waals surface area contributed by atoms with Crippen LogP contribution in [0.15, 0.2) is 23.0 Å². The first-order chi connectivity index (χ1) is 8.11. The molecule has 0 aliphatic heterocycles. The van der Waals surface area contributed by atoms with Crippen molar-refractivity contribution in [2.45, 2.75) is 26.8 Å². The zero-order chi connectivity index (χ0) is 12.4. The summed E-state index contributed by atoms with van der Waals surface area (Å²) in [5, 5.41) is 3.90. The predicted octanol–water partition coefficient (Wildman–Crippen LogP) is 1.49. The lowest BCUT2D eigenvalue weighted by molar-refractivity contribution is 0.476. The van der Waals surface area contributed by atoms with Crippen LogP contribution in [0, 0.1) is 5.92 Å². The predicted molar refractivity (Wildman–Crippen MR) is 70.2 cm³/mol. The summed E-state index contributed by atoms with van der Waals surface area (Å²) in [7, 11) is 0. The summed E-state index contributed by atoms with van der Waals surface area (Å²) in [6.45, 7) is 5.52. The van der Waals surface area contributed by atoms with Crippen molar-refractivity contribution in [3.8, 4) is 0 Å². The molecule has 2 rings (SSSR count). The smallest absolute Gasteiger partial charge is 0.274 e. The number of rotatable bonds is 4. The SMILES string of the molecule is CC(C)Cn1[nH]c2ccc(CCN)cc2c1=O. The first-order valence-corrected chi connectivity index (χ1v) is 6.03. The number of H-pyrrole nitrogens is 1. The third-order valence-electron chi connectivity index (χ3n) is 2.80. The van der Waals surface area contributed by atoms with E-state index in [0.29, 0.717) is 12.5 Å². The second-order valence-electron chi connectivity index (χ2n) is 4.84. The number of nitrogens with two attached hydrogens (primary N) is 1. The molecule has 0 saturated carbocycles. The highest BCUT2D eigenvalue weighted by Gasteiger charge is 2.08. The molecule has 92 valence electrons. The highest BCUT2D eigenvalue weighted by atomic mass is 16.1. The van der Waals surface area contributed by atoms with Crippen molar-refractivity contribution in [3.05, 3.63) is 34.1 Å². The van der Waals surface area contributed by atoms with Gasteiger partial charge in [0.25, 0.3) is 5.56 Å². The van der Waals surface area contributed by atoms with Gasteiger partial charge in [-0.15, -0.1) is 0 Å². The molecule has 0 atom stereocenters. The van der Waals surface area contributed by atoms with Crippen LogP contribution in [0.1, 0.15) is 19.4 Å². The Kier molecular flexibility index (Phi) is 3.33. The van der Waals surface area contributed by atoms with Crippen molar-refractivity contribution in [1.82, 2.24) is 9.78 Å². The van der Waals surface area contributed by atoms with Crippen molar-refractivity contribution < 1.29 is 0 Å². The van der Waals surface area contributed by atoms with Gasteiger partial charge >= 0.3 is 0 Å². The second kappa shape index (κ2) is 4.75. The maximum atomic E-state index is 12.1. The van der Waals surface area contributed by atoms with E-state index < -0.39 is 0 Å². The van der Waals surface area contributed by atoms with E-state index in [1.165, 1.54) is 0 Å². The van der Waals surface area contributed by atoms with Crippen LogP contribution in [0.2, 0.25) is 0 Å². The molecule has 1 aromatic carbocycles. The number of nitrogens with one attached hydrogen (secondary N) is 1. The van der Waals surface area contributed by atoms with Crippen molar-refractivity contribution in [2.75, 3.05) is 6.54 Å². The minimum atomic E-state index is 0.0626. The molecule has 0 unspecified atom stereocenters. The van der Waals surface area contributed by atoms with E-state index in [-0.39, 0.29) is 5.56 Å². The Balaban J connectivity index is 2.47. The maximum Gasteiger partial charge on any atom is 0.274 e. The van der Waals surface area contributed by atoms with E-state index in [9.17, 15) is 4.79 Å². The lowest BCUT2D eigenvalue weighted by atomic mass is 10.1. The van der Waals surface area contributed by atoms with E-state index in [4.69, 9.17) is 5.73 Å². The van der Waals surface area contributed by atoms with Gasteiger partial charge in [-0.25, -0.2) is 0 Å². The fraction of sp³-hybridized carbons (Fsp3) is 0.462. The Hall–Kier alpha value is -1.55. The lowest BCUT2D eigenvalue weighted by Crippen LogP contribution is -2.19. The first kappa shape index (κ1) is 11.9. The summed E-state index contributed by atoms with van der Waals surface area (Å²) in [5.41, 5.74) is 7.60. The first-order valence-electron chi connectivity index (χ1n) is 6.03. The third-order valence-corrected chi connectivity index (χ3v) is 2.80. The van der Waals surface area contributed by atoms with Crippen LogP contribution >= 0.6 is 0 Å². The Bertz CT molecular complexity index is 566. The minimum absolute atomic E-state index is 0.0626. The molecular formula is C13H19N3O. The molecule has 0 aliphatic rings. The van der Waals surface area contributed by atoms with Gasteiger partial charge in [0.05, 0.1) is 10.9 Å². The number of aromatic amines is 1. The van der Waals surface area contributed by atoms with Gasteiger partial charge in [0.1, 0.15) is 0 Å². The third kappa shape index (κ3) is 2.42. The van der Waals surface area contributed by atoms with E-state index in [0.717, 1.165) is 29.4 Å². The minimum Gasteiger partial charge on any atom is -0.330 e. The molecule has 3 N–H and O–H groups in total. The van der Waals surface area contributed by atoms with Gasteiger partial charge < -0.3 is 5.73 Å². The van der Waals surface area contributed by atoms with Crippen LogP contribution in [0.5, 0.6) is 0 Å². The number of hydrogen-bond donors (Lipinski definition) is 2. The number of aromatic nitrogens is 2. The Morgan fingerprint density at radius 2 is 2.18 bits per heavy atom. The van der Waals surface area contributed by atoms with Gasteiger partial charge in [-0.2, -0.15) is 0 Å². The molecule has 17 heavy (non-hydrogen) atoms. The number of nitrogens with zero attached hydrogens (tertiary/aromatic N) is 1. The van der Waals surface area contributed by atoms with Gasteiger partial charge in [-0.1, -0.05) is 19.9 Å². The molecule has 0 radical (unpaired) electrons. The standard InChI is InChI=1S/C13H19N3O/c1-9(2)8-16-13(17)11-7-10(5-6-14)3-4-12(11)15-16/h3-4,7,9,15H,5-6,8,14H2,1-2H3. The molecule has 0 spiro atoms. The molecular weight excluding hydrogens is 214 g/mol. The van der Waals surface area contributed by atoms with Crippen molar-refractivity contribution in [1.29, 1.82) is 0 Å². The van der Waals surface area contributed by atoms with E-state index in [2.05, 4.69) is 18.9 Å². The van der Waals surface area contributed by atoms with Gasteiger partial charge in [0, 0.05) is 6.54 Å². The maximum absolute atomic E-state index is 12.1. The van der Waals surface area contributed by atoms with Crippen LogP contribution < -0.4 is 11.3 Å². The molecule has 0 amide bonds. The van der Waals surface area contributed by atoms with Gasteiger partial charge in [-0.05, 0) is 36.6 Å². The molecule has 0 saturated heterocycles. The van der Waals surface area contributed by atoms with Crippen LogP contribution in [-0.2, 0) is 13.0 Å². The Labute approximate surface area is 100 Å². The molecule has 0 aliphatic carbocycles. The zero-order valence-corrected chi connectivity index (χ0v) is 10.4. The Morgan fingerprint density at radius 3 is 2.82 bits per heavy atom. The Morgan fingerprint density at radius 1 is 1.41 bits per heavy atom. The highest BCUT2D eigenvalue weighted by Crippen LogP contribution is 2.11. The summed E-state index contributed by atoms with van der Waals surface area (Å²) in [6.07, 6.45) is 0.810. The molecule has 2 aromatic rings. The lowest BCUT2D eigenvalue weighted by Gasteiger charge is -2.03. The monoisotopic (exact) mass is 233 g/mol. The molecule has 4 heteroatoms. The molecule has 1 aromatic heterocycles. The number of benzene rings is 1. The number of hydrogen-bond acceptors (Lipinski definition) is 2. The van der Waals surface area contributed by atoms with Gasteiger partial charge in [0.2, 0.25) is 0 Å². The summed E-state index contributed by atoms with van der Waals surface area (Å²) >= 11 is 0. The van der Waals surface area contributed by atoms with Crippen LogP contribution in [0.25, 0.3) is 10.9 Å². The highest BCUT2D eigenvalue weighted by molar-refractivity contribution is 5.78. The largest absolute Gasteiger partial charge is 0.330 e. The van der Waals surface area contributed by atoms with Gasteiger partial charge in [0.15, 0.2) is 0 Å². The molecule has 1 heterocycles. The van der Waals surface area contributed by atoms with E-state index in [1.807, 2.05) is 18.2 Å². The fourth-order valence-electron chi connectivity index (χ4n) is 2.02. The summed E-state index contributed by atoms with van der Waals surface area (Å²) in [4.78, 5) is 12.1. The van der Waals surface area contributed by atoms with Crippen molar-refractivity contribution in [2.24, 2.45) is 11.7 Å². The van der Waals surface area contributed by atoms with Crippen LogP contribution in [-0.4, -0.2) is 16.3 Å². The van der Waals surface area contributed by atoms with E-state index in [1.54, 1.807) is 4.68 Å². The number of fused-ring (bicyclic) bond motifs is 1. The molecule has 4 nitrogen and oxygen atoms in total. The van der Waals surface area contributed by atoms with Crippen LogP contribution in [0.4, 0.5) is 0 Å². The quantitative estimate of drug-likeness (QED) is 0.840. The van der Waals surface area contributed by atoms with Crippen molar-refractivity contribution >= 4 is 10.9 Å². The summed E-state index contributed by atoms with van der Waals surface area (Å²) in [6, 6.07) is 5.92. The van der Waals surface area contributed by atoms with Crippen LogP contribution in [0.3, 0.4) is 0 Å². The molecule has 0 bridgehead atoms. The fourth-order valence-corrected chi connectivity index (χ4v) is 2.02. The van der Waals surface area contributed by atoms with Gasteiger partial charge in [-0.3, -0.25) is 14.6 Å². The van der Waals surface area contributed by atoms with Crippen molar-refractivity contribution in [3.63, 3.8) is 0 Å². The average molecular weight is 233 g/mol. The normalized spacial score (nSPS) is 11.5. The molecule has 0 fully saturated rings. The topological polar surface area (TPSA) is 63.8 Å². The summed E-state index contributed by atoms with van der Waals surface area (Å²) < 4.78 is 1.68. The average Bonchev–Trinajstić information content (AvgIpc) is 2.56. The van der Waals surface area contributed by atoms with E-state index >= 15 is 0 Å². The summed E-state index contributed by atoms with van der Waals surface area (Å²) in [5.74, 6) is 0.448. The second-order valence-corrected chi connectivity index (χ2v) is 4.84. The zero-order valence-electron chi connectivity index (χ0n) is 10.4.